The van der Waals surface area contributed by atoms with Gasteiger partial charge in [-0.15, -0.1) is 0 Å². The summed E-state index contributed by atoms with van der Waals surface area (Å²) in [5.41, 5.74) is 2.59. The Balaban J connectivity index is 2.40. The van der Waals surface area contributed by atoms with Crippen molar-refractivity contribution in [3.63, 3.8) is 0 Å². The van der Waals surface area contributed by atoms with Crippen molar-refractivity contribution >= 4 is 23.1 Å². The van der Waals surface area contributed by atoms with Crippen LogP contribution in [-0.2, 0) is 11.2 Å². The first-order chi connectivity index (χ1) is 7.69. The number of nitrogens with zero attached hydrogens (tertiary/aromatic N) is 1. The van der Waals surface area contributed by atoms with E-state index >= 15 is 0 Å². The summed E-state index contributed by atoms with van der Waals surface area (Å²) in [5, 5.41) is 8.48. The van der Waals surface area contributed by atoms with E-state index in [1.807, 2.05) is 18.2 Å². The predicted molar refractivity (Wildman–Crippen MR) is 60.1 cm³/mol. The number of carboxylic acids is 1. The van der Waals surface area contributed by atoms with Gasteiger partial charge in [0.15, 0.2) is 5.58 Å². The summed E-state index contributed by atoms with van der Waals surface area (Å²) in [6.07, 6.45) is 3.27. The summed E-state index contributed by atoms with van der Waals surface area (Å²) in [5.74, 6) is -0.706. The average Bonchev–Trinajstić information content (AvgIpc) is 2.67. The lowest BCUT2D eigenvalue weighted by Gasteiger charge is -1.92. The van der Waals surface area contributed by atoms with Gasteiger partial charge in [0.1, 0.15) is 5.52 Å². The fourth-order valence-corrected chi connectivity index (χ4v) is 1.42. The zero-order valence-corrected chi connectivity index (χ0v) is 8.80. The van der Waals surface area contributed by atoms with Gasteiger partial charge in [0.2, 0.25) is 5.89 Å². The fourth-order valence-electron chi connectivity index (χ4n) is 1.42. The number of hydrogen-bond donors (Lipinski definition) is 1. The molecule has 0 radical (unpaired) electrons. The Kier molecular flexibility index (Phi) is 2.72. The van der Waals surface area contributed by atoms with Gasteiger partial charge >= 0.3 is 5.97 Å². The fraction of sp³-hybridized carbons (Fsp3) is 0.167. The molecule has 2 aromatic rings. The van der Waals surface area contributed by atoms with Crippen molar-refractivity contribution < 1.29 is 14.3 Å². The van der Waals surface area contributed by atoms with Gasteiger partial charge in [-0.2, -0.15) is 0 Å². The van der Waals surface area contributed by atoms with Crippen LogP contribution in [-0.4, -0.2) is 16.1 Å². The molecule has 0 bridgehead atoms. The summed E-state index contributed by atoms with van der Waals surface area (Å²) in [4.78, 5) is 14.5. The minimum atomic E-state index is -1.02. The third kappa shape index (κ3) is 2.11. The molecule has 1 aromatic carbocycles. The Morgan fingerprint density at radius 2 is 2.38 bits per heavy atom. The van der Waals surface area contributed by atoms with Crippen molar-refractivity contribution in [1.82, 2.24) is 4.98 Å². The SMILES string of the molecule is CCc1ccc2nc(/C=C/C(=O)O)oc2c1. The van der Waals surface area contributed by atoms with E-state index in [0.29, 0.717) is 11.5 Å². The van der Waals surface area contributed by atoms with Crippen LogP contribution in [0.3, 0.4) is 0 Å². The van der Waals surface area contributed by atoms with Crippen LogP contribution < -0.4 is 0 Å². The van der Waals surface area contributed by atoms with E-state index in [1.165, 1.54) is 6.08 Å². The molecule has 0 spiro atoms. The highest BCUT2D eigenvalue weighted by molar-refractivity contribution is 5.85. The highest BCUT2D eigenvalue weighted by atomic mass is 16.4. The van der Waals surface area contributed by atoms with Crippen molar-refractivity contribution in [2.45, 2.75) is 13.3 Å². The number of carbonyl (C=O) groups is 1. The molecule has 4 heteroatoms. The second-order valence-electron chi connectivity index (χ2n) is 3.38. The Bertz CT molecular complexity index is 554. The normalized spacial score (nSPS) is 11.3. The molecule has 0 amide bonds. The summed E-state index contributed by atoms with van der Waals surface area (Å²) in [6.45, 7) is 2.06. The highest BCUT2D eigenvalue weighted by Crippen LogP contribution is 2.18. The average molecular weight is 217 g/mol. The van der Waals surface area contributed by atoms with Crippen LogP contribution in [0.25, 0.3) is 17.2 Å². The maximum absolute atomic E-state index is 10.3. The van der Waals surface area contributed by atoms with Gasteiger partial charge in [0.25, 0.3) is 0 Å². The smallest absolute Gasteiger partial charge is 0.328 e. The van der Waals surface area contributed by atoms with E-state index in [1.54, 1.807) is 0 Å². The van der Waals surface area contributed by atoms with E-state index in [-0.39, 0.29) is 0 Å². The Morgan fingerprint density at radius 3 is 3.06 bits per heavy atom. The molecule has 0 aliphatic heterocycles. The number of fused-ring (bicyclic) bond motifs is 1. The summed E-state index contributed by atoms with van der Waals surface area (Å²) >= 11 is 0. The molecule has 0 atom stereocenters. The monoisotopic (exact) mass is 217 g/mol. The maximum atomic E-state index is 10.3. The lowest BCUT2D eigenvalue weighted by Crippen LogP contribution is -1.85. The highest BCUT2D eigenvalue weighted by Gasteiger charge is 2.03. The number of carboxylic acid groups (broad SMARTS) is 1. The summed E-state index contributed by atoms with van der Waals surface area (Å²) in [6, 6.07) is 5.77. The minimum Gasteiger partial charge on any atom is -0.478 e. The summed E-state index contributed by atoms with van der Waals surface area (Å²) < 4.78 is 5.40. The van der Waals surface area contributed by atoms with E-state index in [0.717, 1.165) is 23.6 Å². The molecule has 82 valence electrons. The second-order valence-corrected chi connectivity index (χ2v) is 3.38. The molecule has 16 heavy (non-hydrogen) atoms. The quantitative estimate of drug-likeness (QED) is 0.802. The van der Waals surface area contributed by atoms with Crippen LogP contribution in [0.15, 0.2) is 28.7 Å². The molecule has 1 N–H and O–H groups in total. The van der Waals surface area contributed by atoms with Gasteiger partial charge in [0.05, 0.1) is 0 Å². The van der Waals surface area contributed by atoms with Crippen molar-refractivity contribution in [2.75, 3.05) is 0 Å². The molecular weight excluding hydrogens is 206 g/mol. The van der Waals surface area contributed by atoms with Crippen molar-refractivity contribution in [3.8, 4) is 0 Å². The van der Waals surface area contributed by atoms with Crippen molar-refractivity contribution in [2.24, 2.45) is 0 Å². The first-order valence-electron chi connectivity index (χ1n) is 4.99. The number of benzene rings is 1. The summed E-state index contributed by atoms with van der Waals surface area (Å²) in [7, 11) is 0. The first-order valence-corrected chi connectivity index (χ1v) is 4.99. The van der Waals surface area contributed by atoms with E-state index < -0.39 is 5.97 Å². The Labute approximate surface area is 92.2 Å². The van der Waals surface area contributed by atoms with Gasteiger partial charge in [0, 0.05) is 12.2 Å². The molecule has 4 nitrogen and oxygen atoms in total. The van der Waals surface area contributed by atoms with Gasteiger partial charge < -0.3 is 9.52 Å². The van der Waals surface area contributed by atoms with Crippen molar-refractivity contribution in [1.29, 1.82) is 0 Å². The third-order valence-electron chi connectivity index (χ3n) is 2.25. The number of aliphatic carboxylic acids is 1. The number of aryl methyl sites for hydroxylation is 1. The van der Waals surface area contributed by atoms with Crippen LogP contribution in [0.2, 0.25) is 0 Å². The van der Waals surface area contributed by atoms with Gasteiger partial charge in [-0.1, -0.05) is 13.0 Å². The van der Waals surface area contributed by atoms with Crippen LogP contribution in [0.1, 0.15) is 18.4 Å². The molecule has 0 saturated heterocycles. The van der Waals surface area contributed by atoms with E-state index in [4.69, 9.17) is 9.52 Å². The predicted octanol–water partition coefficient (Wildman–Crippen LogP) is 2.49. The molecule has 0 aliphatic rings. The maximum Gasteiger partial charge on any atom is 0.328 e. The number of aromatic nitrogens is 1. The van der Waals surface area contributed by atoms with Crippen LogP contribution in [0, 0.1) is 0 Å². The standard InChI is InChI=1S/C12H11NO3/c1-2-8-3-4-9-10(7-8)16-11(13-9)5-6-12(14)15/h3-7H,2H2,1H3,(H,14,15)/b6-5+. The van der Waals surface area contributed by atoms with Gasteiger partial charge in [-0.05, 0) is 24.1 Å². The number of hydrogen-bond acceptors (Lipinski definition) is 3. The molecule has 1 heterocycles. The van der Waals surface area contributed by atoms with Crippen LogP contribution in [0.5, 0.6) is 0 Å². The largest absolute Gasteiger partial charge is 0.478 e. The zero-order valence-electron chi connectivity index (χ0n) is 8.80. The number of rotatable bonds is 3. The van der Waals surface area contributed by atoms with Crippen molar-refractivity contribution in [3.05, 3.63) is 35.7 Å². The van der Waals surface area contributed by atoms with E-state index in [9.17, 15) is 4.79 Å². The van der Waals surface area contributed by atoms with Crippen LogP contribution in [0.4, 0.5) is 0 Å². The lowest BCUT2D eigenvalue weighted by molar-refractivity contribution is -0.131. The Morgan fingerprint density at radius 1 is 1.56 bits per heavy atom. The zero-order chi connectivity index (χ0) is 11.5. The van der Waals surface area contributed by atoms with E-state index in [2.05, 4.69) is 11.9 Å². The molecule has 0 saturated carbocycles. The molecule has 2 rings (SSSR count). The topological polar surface area (TPSA) is 63.3 Å². The molecular formula is C12H11NO3. The Hall–Kier alpha value is -2.10. The van der Waals surface area contributed by atoms with Crippen LogP contribution >= 0.6 is 0 Å². The molecule has 0 unspecified atom stereocenters. The van der Waals surface area contributed by atoms with Gasteiger partial charge in [-0.3, -0.25) is 0 Å². The first kappa shape index (κ1) is 10.4. The molecule has 0 aliphatic carbocycles. The van der Waals surface area contributed by atoms with Gasteiger partial charge in [-0.25, -0.2) is 9.78 Å². The third-order valence-corrected chi connectivity index (χ3v) is 2.25. The minimum absolute atomic E-state index is 0.311. The second kappa shape index (κ2) is 4.18. The lowest BCUT2D eigenvalue weighted by atomic mass is 10.1. The number of oxazole rings is 1. The molecule has 0 fully saturated rings. The molecule has 1 aromatic heterocycles.